The summed E-state index contributed by atoms with van der Waals surface area (Å²) in [6, 6.07) is 12.1. The fraction of sp³-hybridized carbons (Fsp3) is 0.286. The van der Waals surface area contributed by atoms with E-state index in [2.05, 4.69) is 18.2 Å². The highest BCUT2D eigenvalue weighted by molar-refractivity contribution is 7.15. The molecule has 0 saturated carbocycles. The van der Waals surface area contributed by atoms with E-state index < -0.39 is 5.79 Å². The van der Waals surface area contributed by atoms with Crippen LogP contribution in [0.25, 0.3) is 10.4 Å². The smallest absolute Gasteiger partial charge is 0.201 e. The molecule has 1 aromatic carbocycles. The summed E-state index contributed by atoms with van der Waals surface area (Å²) < 4.78 is 11.3. The first kappa shape index (κ1) is 11.7. The molecule has 1 aromatic heterocycles. The molecule has 1 saturated heterocycles. The Morgan fingerprint density at radius 1 is 1.17 bits per heavy atom. The maximum atomic E-state index is 5.81. The summed E-state index contributed by atoms with van der Waals surface area (Å²) in [4.78, 5) is 2.27. The highest BCUT2D eigenvalue weighted by atomic mass is 32.1. The molecule has 1 aliphatic rings. The summed E-state index contributed by atoms with van der Waals surface area (Å²) in [7, 11) is 0. The standard InChI is InChI=1S/C14H15NO2S/c1-14(16-7-8-17-14)13-6-5-12(18-13)10-3-2-4-11(15)9-10/h2-6,9H,7-8,15H2,1H3. The molecule has 0 aliphatic carbocycles. The molecule has 1 aliphatic heterocycles. The van der Waals surface area contributed by atoms with Crippen molar-refractivity contribution in [3.05, 3.63) is 41.3 Å². The predicted molar refractivity (Wildman–Crippen MR) is 73.4 cm³/mol. The van der Waals surface area contributed by atoms with Gasteiger partial charge in [0.15, 0.2) is 0 Å². The molecule has 0 spiro atoms. The van der Waals surface area contributed by atoms with Crippen LogP contribution in [-0.2, 0) is 15.3 Å². The summed E-state index contributed by atoms with van der Waals surface area (Å²) >= 11 is 1.69. The lowest BCUT2D eigenvalue weighted by molar-refractivity contribution is -0.146. The van der Waals surface area contributed by atoms with Gasteiger partial charge in [-0.25, -0.2) is 0 Å². The van der Waals surface area contributed by atoms with Crippen molar-refractivity contribution in [3.8, 4) is 10.4 Å². The molecule has 0 unspecified atom stereocenters. The highest BCUT2D eigenvalue weighted by Gasteiger charge is 2.34. The van der Waals surface area contributed by atoms with Crippen LogP contribution in [0.15, 0.2) is 36.4 Å². The molecule has 0 amide bonds. The van der Waals surface area contributed by atoms with Crippen LogP contribution >= 0.6 is 11.3 Å². The van der Waals surface area contributed by atoms with Crippen molar-refractivity contribution in [2.45, 2.75) is 12.7 Å². The lowest BCUT2D eigenvalue weighted by Gasteiger charge is -2.20. The van der Waals surface area contributed by atoms with Crippen molar-refractivity contribution >= 4 is 17.0 Å². The molecule has 4 heteroatoms. The van der Waals surface area contributed by atoms with E-state index in [0.29, 0.717) is 13.2 Å². The Morgan fingerprint density at radius 3 is 2.67 bits per heavy atom. The molecule has 2 N–H and O–H groups in total. The van der Waals surface area contributed by atoms with Crippen LogP contribution in [0, 0.1) is 0 Å². The van der Waals surface area contributed by atoms with Crippen molar-refractivity contribution in [2.24, 2.45) is 0 Å². The normalized spacial score (nSPS) is 18.1. The van der Waals surface area contributed by atoms with E-state index in [1.165, 1.54) is 4.88 Å². The molecule has 0 atom stereocenters. The Morgan fingerprint density at radius 2 is 1.94 bits per heavy atom. The first-order valence-corrected chi connectivity index (χ1v) is 6.73. The number of thiophene rings is 1. The van der Waals surface area contributed by atoms with E-state index in [-0.39, 0.29) is 0 Å². The van der Waals surface area contributed by atoms with E-state index >= 15 is 0 Å². The largest absolute Gasteiger partial charge is 0.399 e. The molecular formula is C14H15NO2S. The van der Waals surface area contributed by atoms with Gasteiger partial charge in [0.05, 0.1) is 18.1 Å². The predicted octanol–water partition coefficient (Wildman–Crippen LogP) is 3.22. The fourth-order valence-corrected chi connectivity index (χ4v) is 3.14. The van der Waals surface area contributed by atoms with Gasteiger partial charge in [-0.05, 0) is 36.8 Å². The summed E-state index contributed by atoms with van der Waals surface area (Å²) in [6.07, 6.45) is 0. The molecule has 0 bridgehead atoms. The minimum atomic E-state index is -0.580. The number of ether oxygens (including phenoxy) is 2. The van der Waals surface area contributed by atoms with Crippen LogP contribution in [0.5, 0.6) is 0 Å². The maximum absolute atomic E-state index is 5.81. The Balaban J connectivity index is 1.94. The first-order chi connectivity index (χ1) is 8.67. The second-order valence-corrected chi connectivity index (χ2v) is 5.52. The SMILES string of the molecule is CC1(c2ccc(-c3cccc(N)c3)s2)OCCO1. The maximum Gasteiger partial charge on any atom is 0.201 e. The van der Waals surface area contributed by atoms with Gasteiger partial charge in [-0.2, -0.15) is 0 Å². The number of nitrogen functional groups attached to an aromatic ring is 1. The molecule has 94 valence electrons. The van der Waals surface area contributed by atoms with Gasteiger partial charge in [-0.15, -0.1) is 11.3 Å². The lowest BCUT2D eigenvalue weighted by Crippen LogP contribution is -2.20. The zero-order valence-corrected chi connectivity index (χ0v) is 11.0. The van der Waals surface area contributed by atoms with Crippen molar-refractivity contribution in [1.82, 2.24) is 0 Å². The van der Waals surface area contributed by atoms with Crippen molar-refractivity contribution in [1.29, 1.82) is 0 Å². The zero-order chi connectivity index (χ0) is 12.6. The van der Waals surface area contributed by atoms with Crippen LogP contribution in [0.2, 0.25) is 0 Å². The quantitative estimate of drug-likeness (QED) is 0.844. The summed E-state index contributed by atoms with van der Waals surface area (Å²) in [5, 5.41) is 0. The van der Waals surface area contributed by atoms with E-state index in [1.54, 1.807) is 11.3 Å². The van der Waals surface area contributed by atoms with Gasteiger partial charge in [-0.3, -0.25) is 0 Å². The zero-order valence-electron chi connectivity index (χ0n) is 10.2. The van der Waals surface area contributed by atoms with Gasteiger partial charge in [-0.1, -0.05) is 12.1 Å². The van der Waals surface area contributed by atoms with Gasteiger partial charge < -0.3 is 15.2 Å². The summed E-state index contributed by atoms with van der Waals surface area (Å²) in [5.74, 6) is -0.580. The third-order valence-electron chi connectivity index (χ3n) is 3.06. The van der Waals surface area contributed by atoms with Gasteiger partial charge in [0.25, 0.3) is 0 Å². The molecule has 18 heavy (non-hydrogen) atoms. The molecule has 3 nitrogen and oxygen atoms in total. The van der Waals surface area contributed by atoms with Crippen LogP contribution < -0.4 is 5.73 Å². The minimum absolute atomic E-state index is 0.580. The average molecular weight is 261 g/mol. The minimum Gasteiger partial charge on any atom is -0.399 e. The van der Waals surface area contributed by atoms with Crippen LogP contribution in [0.4, 0.5) is 5.69 Å². The first-order valence-electron chi connectivity index (χ1n) is 5.91. The number of nitrogens with two attached hydrogens (primary N) is 1. The molecule has 3 rings (SSSR count). The molecule has 1 fully saturated rings. The Hall–Kier alpha value is -1.36. The number of anilines is 1. The monoisotopic (exact) mass is 261 g/mol. The molecular weight excluding hydrogens is 246 g/mol. The van der Waals surface area contributed by atoms with Crippen LogP contribution in [0.1, 0.15) is 11.8 Å². The lowest BCUT2D eigenvalue weighted by atomic mass is 10.1. The third kappa shape index (κ3) is 2.03. The van der Waals surface area contributed by atoms with Crippen LogP contribution in [0.3, 0.4) is 0 Å². The molecule has 2 aromatic rings. The number of hydrogen-bond donors (Lipinski definition) is 1. The summed E-state index contributed by atoms with van der Waals surface area (Å²) in [5.41, 5.74) is 7.72. The second kappa shape index (κ2) is 4.39. The number of benzene rings is 1. The van der Waals surface area contributed by atoms with E-state index in [4.69, 9.17) is 15.2 Å². The topological polar surface area (TPSA) is 44.5 Å². The van der Waals surface area contributed by atoms with Crippen molar-refractivity contribution in [2.75, 3.05) is 18.9 Å². The Bertz CT molecular complexity index is 558. The second-order valence-electron chi connectivity index (χ2n) is 4.43. The van der Waals surface area contributed by atoms with Gasteiger partial charge in [0.1, 0.15) is 0 Å². The third-order valence-corrected chi connectivity index (χ3v) is 4.38. The van der Waals surface area contributed by atoms with E-state index in [1.807, 2.05) is 25.1 Å². The van der Waals surface area contributed by atoms with E-state index in [0.717, 1.165) is 16.1 Å². The van der Waals surface area contributed by atoms with Gasteiger partial charge in [0, 0.05) is 10.6 Å². The van der Waals surface area contributed by atoms with E-state index in [9.17, 15) is 0 Å². The van der Waals surface area contributed by atoms with Crippen molar-refractivity contribution < 1.29 is 9.47 Å². The van der Waals surface area contributed by atoms with Crippen LogP contribution in [-0.4, -0.2) is 13.2 Å². The number of rotatable bonds is 2. The average Bonchev–Trinajstić information content (AvgIpc) is 2.98. The molecule has 2 heterocycles. The van der Waals surface area contributed by atoms with Gasteiger partial charge in [0.2, 0.25) is 5.79 Å². The highest BCUT2D eigenvalue weighted by Crippen LogP contribution is 2.39. The Labute approximate surface area is 110 Å². The van der Waals surface area contributed by atoms with Crippen molar-refractivity contribution in [3.63, 3.8) is 0 Å². The van der Waals surface area contributed by atoms with Gasteiger partial charge >= 0.3 is 0 Å². The number of hydrogen-bond acceptors (Lipinski definition) is 4. The summed E-state index contributed by atoms with van der Waals surface area (Å²) in [6.45, 7) is 3.28. The Kier molecular flexibility index (Phi) is 2.86. The molecule has 0 radical (unpaired) electrons. The fourth-order valence-electron chi connectivity index (χ4n) is 2.09.